The summed E-state index contributed by atoms with van der Waals surface area (Å²) in [4.78, 5) is 12.7. The number of ether oxygens (including phenoxy) is 1. The number of allylic oxidation sites excluding steroid dienone is 1. The molecule has 5 rings (SSSR count). The van der Waals surface area contributed by atoms with Gasteiger partial charge in [-0.05, 0) is 116 Å². The fraction of sp³-hybridized carbons (Fsp3) is 0.750. The van der Waals surface area contributed by atoms with Crippen LogP contribution in [0, 0.1) is 52.3 Å². The van der Waals surface area contributed by atoms with Crippen LogP contribution in [0.1, 0.15) is 123 Å². The first-order valence-electron chi connectivity index (χ1n) is 16.1. The highest BCUT2D eigenvalue weighted by Crippen LogP contribution is 2.67. The Kier molecular flexibility index (Phi) is 8.19. The molecule has 4 aliphatic rings. The fourth-order valence-corrected chi connectivity index (χ4v) is 10.2. The number of hydrogen-bond donors (Lipinski definition) is 0. The molecular formula is C36H54O2. The average molecular weight is 519 g/mol. The predicted molar refractivity (Wildman–Crippen MR) is 158 cm³/mol. The van der Waals surface area contributed by atoms with Crippen molar-refractivity contribution in [3.63, 3.8) is 0 Å². The molecule has 2 nitrogen and oxygen atoms in total. The summed E-state index contributed by atoms with van der Waals surface area (Å²) in [6.07, 6.45) is 16.9. The van der Waals surface area contributed by atoms with E-state index in [1.54, 1.807) is 5.57 Å². The summed E-state index contributed by atoms with van der Waals surface area (Å²) in [6, 6.07) is 9.50. The van der Waals surface area contributed by atoms with Crippen LogP contribution in [0.2, 0.25) is 0 Å². The smallest absolute Gasteiger partial charge is 0.338 e. The van der Waals surface area contributed by atoms with Crippen LogP contribution < -0.4 is 0 Å². The van der Waals surface area contributed by atoms with Crippen molar-refractivity contribution in [2.75, 3.05) is 0 Å². The molecule has 3 fully saturated rings. The maximum absolute atomic E-state index is 12.7. The van der Waals surface area contributed by atoms with Gasteiger partial charge in [-0.25, -0.2) is 4.79 Å². The van der Waals surface area contributed by atoms with E-state index in [4.69, 9.17) is 4.74 Å². The third-order valence-corrected chi connectivity index (χ3v) is 12.6. The van der Waals surface area contributed by atoms with Gasteiger partial charge >= 0.3 is 5.97 Å². The van der Waals surface area contributed by atoms with Crippen molar-refractivity contribution in [1.29, 1.82) is 0 Å². The Morgan fingerprint density at radius 2 is 1.74 bits per heavy atom. The van der Waals surface area contributed by atoms with Gasteiger partial charge in [-0.2, -0.15) is 0 Å². The van der Waals surface area contributed by atoms with E-state index in [1.807, 2.05) is 30.3 Å². The first-order valence-corrected chi connectivity index (χ1v) is 16.1. The van der Waals surface area contributed by atoms with Crippen molar-refractivity contribution in [2.24, 2.45) is 52.3 Å². The Morgan fingerprint density at radius 1 is 0.974 bits per heavy atom. The van der Waals surface area contributed by atoms with E-state index < -0.39 is 0 Å². The van der Waals surface area contributed by atoms with Gasteiger partial charge in [-0.3, -0.25) is 0 Å². The monoisotopic (exact) mass is 518 g/mol. The summed E-state index contributed by atoms with van der Waals surface area (Å²) < 4.78 is 6.02. The molecule has 9 atom stereocenters. The number of hydrogen-bond acceptors (Lipinski definition) is 2. The first-order chi connectivity index (χ1) is 18.2. The lowest BCUT2D eigenvalue weighted by molar-refractivity contribution is -0.0596. The van der Waals surface area contributed by atoms with Gasteiger partial charge in [0.25, 0.3) is 0 Å². The van der Waals surface area contributed by atoms with Crippen LogP contribution in [0.15, 0.2) is 42.0 Å². The summed E-state index contributed by atoms with van der Waals surface area (Å²) in [5.74, 6) is 5.86. The molecule has 210 valence electrons. The molecule has 0 N–H and O–H groups in total. The molecule has 0 bridgehead atoms. The van der Waals surface area contributed by atoms with Crippen LogP contribution in [-0.4, -0.2) is 12.1 Å². The van der Waals surface area contributed by atoms with Crippen molar-refractivity contribution in [3.05, 3.63) is 47.5 Å². The first kappa shape index (κ1) is 28.0. The number of rotatable bonds is 8. The molecule has 4 aliphatic carbocycles. The third kappa shape index (κ3) is 5.03. The minimum absolute atomic E-state index is 0.0296. The molecule has 2 heteroatoms. The van der Waals surface area contributed by atoms with E-state index in [9.17, 15) is 4.79 Å². The van der Waals surface area contributed by atoms with Crippen molar-refractivity contribution >= 4 is 5.97 Å². The van der Waals surface area contributed by atoms with Gasteiger partial charge < -0.3 is 4.74 Å². The van der Waals surface area contributed by atoms with Crippen LogP contribution in [0.25, 0.3) is 0 Å². The molecular weight excluding hydrogens is 464 g/mol. The highest BCUT2D eigenvalue weighted by molar-refractivity contribution is 5.89. The van der Waals surface area contributed by atoms with E-state index in [-0.39, 0.29) is 12.1 Å². The van der Waals surface area contributed by atoms with Gasteiger partial charge in [-0.15, -0.1) is 0 Å². The normalized spacial score (nSPS) is 38.0. The largest absolute Gasteiger partial charge is 0.458 e. The molecule has 0 radical (unpaired) electrons. The van der Waals surface area contributed by atoms with Gasteiger partial charge in [0.2, 0.25) is 0 Å². The molecule has 38 heavy (non-hydrogen) atoms. The molecule has 0 aromatic heterocycles. The molecule has 3 saturated carbocycles. The Labute approximate surface area is 233 Å². The topological polar surface area (TPSA) is 26.3 Å². The van der Waals surface area contributed by atoms with Crippen molar-refractivity contribution in [1.82, 2.24) is 0 Å². The third-order valence-electron chi connectivity index (χ3n) is 12.6. The molecule has 0 heterocycles. The highest BCUT2D eigenvalue weighted by atomic mass is 16.5. The Bertz CT molecular complexity index is 994. The lowest BCUT2D eigenvalue weighted by Crippen LogP contribution is -2.51. The minimum Gasteiger partial charge on any atom is -0.458 e. The molecule has 1 aromatic rings. The minimum atomic E-state index is -0.160. The second kappa shape index (κ2) is 11.1. The van der Waals surface area contributed by atoms with Crippen LogP contribution in [0.4, 0.5) is 0 Å². The molecule has 0 aliphatic heterocycles. The van der Waals surface area contributed by atoms with E-state index in [0.29, 0.717) is 16.4 Å². The zero-order valence-electron chi connectivity index (χ0n) is 25.2. The maximum atomic E-state index is 12.7. The van der Waals surface area contributed by atoms with Crippen LogP contribution in [-0.2, 0) is 4.74 Å². The van der Waals surface area contributed by atoms with Crippen molar-refractivity contribution in [2.45, 2.75) is 118 Å². The van der Waals surface area contributed by atoms with Gasteiger partial charge in [0.05, 0.1) is 5.56 Å². The molecule has 0 saturated heterocycles. The predicted octanol–water partition coefficient (Wildman–Crippen LogP) is 9.89. The fourth-order valence-electron chi connectivity index (χ4n) is 10.2. The second-order valence-corrected chi connectivity index (χ2v) is 14.6. The summed E-state index contributed by atoms with van der Waals surface area (Å²) >= 11 is 0. The lowest BCUT2D eigenvalue weighted by atomic mass is 9.47. The molecule has 0 spiro atoms. The zero-order valence-corrected chi connectivity index (χ0v) is 25.2. The van der Waals surface area contributed by atoms with Crippen LogP contribution >= 0.6 is 0 Å². The van der Waals surface area contributed by atoms with E-state index in [2.05, 4.69) is 47.6 Å². The quantitative estimate of drug-likeness (QED) is 0.253. The van der Waals surface area contributed by atoms with Gasteiger partial charge in [0, 0.05) is 6.42 Å². The number of benzene rings is 1. The second-order valence-electron chi connectivity index (χ2n) is 14.6. The number of carbonyl (C=O) groups is 1. The summed E-state index contributed by atoms with van der Waals surface area (Å²) in [5.41, 5.74) is 3.10. The summed E-state index contributed by atoms with van der Waals surface area (Å²) in [5, 5.41) is 0. The number of carbonyl (C=O) groups excluding carboxylic acids is 1. The zero-order chi connectivity index (χ0) is 27.1. The highest BCUT2D eigenvalue weighted by Gasteiger charge is 2.59. The molecule has 0 amide bonds. The van der Waals surface area contributed by atoms with Crippen LogP contribution in [0.3, 0.4) is 0 Å². The SMILES string of the molecule is CC[C@@H](CC[C@H](C)[C@@H]1CC[C@H]2[C@H]3CC=C4C[C@@H](OC(=O)c5ccccc5)CC[C@]4(C)[C@@H]3CC[C@@]21C)C(C)C. The number of fused-ring (bicyclic) bond motifs is 5. The Balaban J connectivity index is 1.25. The Morgan fingerprint density at radius 3 is 2.45 bits per heavy atom. The summed E-state index contributed by atoms with van der Waals surface area (Å²) in [6.45, 7) is 15.1. The molecule has 0 unspecified atom stereocenters. The van der Waals surface area contributed by atoms with Gasteiger partial charge in [-0.1, -0.05) is 84.2 Å². The molecule has 1 aromatic carbocycles. The van der Waals surface area contributed by atoms with Gasteiger partial charge in [0.1, 0.15) is 6.10 Å². The van der Waals surface area contributed by atoms with E-state index in [1.165, 1.54) is 57.8 Å². The van der Waals surface area contributed by atoms with E-state index in [0.717, 1.165) is 54.3 Å². The Hall–Kier alpha value is -1.57. The van der Waals surface area contributed by atoms with Crippen molar-refractivity contribution < 1.29 is 9.53 Å². The van der Waals surface area contributed by atoms with Crippen LogP contribution in [0.5, 0.6) is 0 Å². The lowest BCUT2D eigenvalue weighted by Gasteiger charge is -2.58. The summed E-state index contributed by atoms with van der Waals surface area (Å²) in [7, 11) is 0. The average Bonchev–Trinajstić information content (AvgIpc) is 3.26. The standard InChI is InChI=1S/C36H54O2/c1-7-26(24(2)3)14-13-25(4)31-17-18-32-30-16-15-28-23-29(38-34(37)27-11-9-8-10-12-27)19-21-35(28,5)33(30)20-22-36(31,32)6/h8-12,15,24-26,29-33H,7,13-14,16-23H2,1-6H3/t25-,26-,29-,30+,31-,32-,33+,35-,36+/m0/s1. The number of esters is 1. The van der Waals surface area contributed by atoms with E-state index >= 15 is 0 Å². The van der Waals surface area contributed by atoms with Gasteiger partial charge in [0.15, 0.2) is 0 Å². The van der Waals surface area contributed by atoms with Crippen molar-refractivity contribution in [3.8, 4) is 0 Å². The maximum Gasteiger partial charge on any atom is 0.338 e.